The van der Waals surface area contributed by atoms with E-state index in [2.05, 4.69) is 20.3 Å². The van der Waals surface area contributed by atoms with Crippen LogP contribution in [0.1, 0.15) is 34.9 Å². The first-order chi connectivity index (χ1) is 13.7. The molecule has 3 aromatic heterocycles. The van der Waals surface area contributed by atoms with Crippen LogP contribution < -0.4 is 14.8 Å². The molecule has 4 heterocycles. The number of carbonyl (C=O) groups is 1. The van der Waals surface area contributed by atoms with Crippen molar-refractivity contribution in [1.82, 2.24) is 19.4 Å². The van der Waals surface area contributed by atoms with Gasteiger partial charge >= 0.3 is 0 Å². The van der Waals surface area contributed by atoms with E-state index in [1.807, 2.05) is 6.20 Å². The largest absolute Gasteiger partial charge is 0.481 e. The van der Waals surface area contributed by atoms with E-state index in [9.17, 15) is 4.79 Å². The van der Waals surface area contributed by atoms with Gasteiger partial charge in [0.1, 0.15) is 11.5 Å². The number of imidazole rings is 1. The average molecular weight is 383 g/mol. The molecule has 4 rings (SSSR count). The lowest BCUT2D eigenvalue weighted by Gasteiger charge is -2.19. The Hall–Kier alpha value is -3.20. The van der Waals surface area contributed by atoms with Gasteiger partial charge in [-0.25, -0.2) is 9.97 Å². The summed E-state index contributed by atoms with van der Waals surface area (Å²) in [6.07, 6.45) is 5.42. The molecule has 1 saturated heterocycles. The summed E-state index contributed by atoms with van der Waals surface area (Å²) in [6, 6.07) is 5.12. The minimum Gasteiger partial charge on any atom is -0.481 e. The number of ether oxygens (including phenoxy) is 3. The second-order valence-electron chi connectivity index (χ2n) is 6.44. The van der Waals surface area contributed by atoms with Crippen LogP contribution in [0.25, 0.3) is 5.65 Å². The molecule has 0 saturated carbocycles. The summed E-state index contributed by atoms with van der Waals surface area (Å²) < 4.78 is 17.7. The molecule has 9 nitrogen and oxygen atoms in total. The van der Waals surface area contributed by atoms with E-state index >= 15 is 0 Å². The van der Waals surface area contributed by atoms with Gasteiger partial charge in [-0.1, -0.05) is 6.07 Å². The zero-order chi connectivity index (χ0) is 19.5. The normalized spacial score (nSPS) is 14.8. The van der Waals surface area contributed by atoms with Crippen molar-refractivity contribution in [3.63, 3.8) is 0 Å². The highest BCUT2D eigenvalue weighted by Crippen LogP contribution is 2.28. The van der Waals surface area contributed by atoms with Gasteiger partial charge in [0.05, 0.1) is 19.9 Å². The molecule has 3 aromatic rings. The summed E-state index contributed by atoms with van der Waals surface area (Å²) in [5, 5.41) is 2.72. The van der Waals surface area contributed by atoms with Crippen molar-refractivity contribution < 1.29 is 19.0 Å². The lowest BCUT2D eigenvalue weighted by Crippen LogP contribution is -2.16. The first kappa shape index (κ1) is 18.2. The molecule has 0 atom stereocenters. The van der Waals surface area contributed by atoms with Gasteiger partial charge in [-0.3, -0.25) is 9.20 Å². The quantitative estimate of drug-likeness (QED) is 0.721. The van der Waals surface area contributed by atoms with Crippen LogP contribution in [0.5, 0.6) is 11.8 Å². The minimum atomic E-state index is -0.401. The Labute approximate surface area is 161 Å². The predicted octanol–water partition coefficient (Wildman–Crippen LogP) is 2.29. The van der Waals surface area contributed by atoms with E-state index in [1.54, 1.807) is 28.8 Å². The van der Waals surface area contributed by atoms with E-state index in [-0.39, 0.29) is 5.69 Å². The molecule has 1 amide bonds. The topological polar surface area (TPSA) is 99.9 Å². The number of hydrogen-bond acceptors (Lipinski definition) is 7. The van der Waals surface area contributed by atoms with Crippen LogP contribution >= 0.6 is 0 Å². The van der Waals surface area contributed by atoms with Gasteiger partial charge < -0.3 is 19.5 Å². The van der Waals surface area contributed by atoms with Gasteiger partial charge in [-0.15, -0.1) is 0 Å². The van der Waals surface area contributed by atoms with Crippen LogP contribution in [-0.4, -0.2) is 52.7 Å². The van der Waals surface area contributed by atoms with Crippen molar-refractivity contribution in [3.05, 3.63) is 42.0 Å². The van der Waals surface area contributed by atoms with Crippen LogP contribution in [0.4, 0.5) is 5.82 Å². The summed E-state index contributed by atoms with van der Waals surface area (Å²) in [7, 11) is 3.03. The molecule has 0 radical (unpaired) electrons. The van der Waals surface area contributed by atoms with Crippen molar-refractivity contribution >= 4 is 17.4 Å². The molecule has 9 heteroatoms. The Bertz CT molecular complexity index is 997. The van der Waals surface area contributed by atoms with E-state index in [0.29, 0.717) is 29.1 Å². The third-order valence-electron chi connectivity index (χ3n) is 4.67. The van der Waals surface area contributed by atoms with Gasteiger partial charge in [-0.2, -0.15) is 4.98 Å². The summed E-state index contributed by atoms with van der Waals surface area (Å²) in [6.45, 7) is 1.46. The standard InChI is InChI=1S/C19H21N5O4/c1-26-16-5-3-4-15(22-16)23-18(25)14-11-24-10-13(12-6-8-28-9-7-12)20-17(24)19(21-14)27-2/h3-5,10-12H,6-9H2,1-2H3,(H,22,23,25). The maximum absolute atomic E-state index is 12.7. The number of nitrogens with zero attached hydrogens (tertiary/aromatic N) is 4. The van der Waals surface area contributed by atoms with Crippen molar-refractivity contribution in [2.24, 2.45) is 0 Å². The Morgan fingerprint density at radius 2 is 1.96 bits per heavy atom. The zero-order valence-corrected chi connectivity index (χ0v) is 15.7. The Morgan fingerprint density at radius 1 is 1.14 bits per heavy atom. The number of nitrogens with one attached hydrogen (secondary N) is 1. The molecule has 1 aliphatic heterocycles. The van der Waals surface area contributed by atoms with E-state index in [4.69, 9.17) is 14.2 Å². The fraction of sp³-hybridized carbons (Fsp3) is 0.368. The molecule has 146 valence electrons. The Morgan fingerprint density at radius 3 is 2.71 bits per heavy atom. The maximum atomic E-state index is 12.7. The van der Waals surface area contributed by atoms with Gasteiger partial charge in [0.15, 0.2) is 0 Å². The third kappa shape index (κ3) is 3.61. The molecule has 1 fully saturated rings. The first-order valence-electron chi connectivity index (χ1n) is 9.01. The van der Waals surface area contributed by atoms with Gasteiger partial charge in [0.25, 0.3) is 11.8 Å². The van der Waals surface area contributed by atoms with Crippen LogP contribution in [-0.2, 0) is 4.74 Å². The molecule has 0 aliphatic carbocycles. The monoisotopic (exact) mass is 383 g/mol. The fourth-order valence-electron chi connectivity index (χ4n) is 3.20. The number of aromatic nitrogens is 4. The lowest BCUT2D eigenvalue weighted by molar-refractivity contribution is 0.0846. The molecule has 0 unspecified atom stereocenters. The van der Waals surface area contributed by atoms with Gasteiger partial charge in [-0.05, 0) is 18.9 Å². The highest BCUT2D eigenvalue weighted by molar-refractivity contribution is 6.02. The molecule has 0 bridgehead atoms. The summed E-state index contributed by atoms with van der Waals surface area (Å²) in [5.41, 5.74) is 1.74. The highest BCUT2D eigenvalue weighted by Gasteiger charge is 2.21. The van der Waals surface area contributed by atoms with Crippen LogP contribution in [0.15, 0.2) is 30.6 Å². The SMILES string of the molecule is COc1cccc(NC(=O)c2cn3cc(C4CCOCC4)nc3c(OC)n2)n1. The molecule has 0 aromatic carbocycles. The number of anilines is 1. The molecular weight excluding hydrogens is 362 g/mol. The number of amides is 1. The number of hydrogen-bond donors (Lipinski definition) is 1. The molecule has 1 N–H and O–H groups in total. The molecule has 0 spiro atoms. The first-order valence-corrected chi connectivity index (χ1v) is 9.01. The smallest absolute Gasteiger partial charge is 0.277 e. The summed E-state index contributed by atoms with van der Waals surface area (Å²) in [4.78, 5) is 25.8. The van der Waals surface area contributed by atoms with E-state index in [0.717, 1.165) is 31.7 Å². The number of rotatable bonds is 5. The number of carbonyl (C=O) groups excluding carboxylic acids is 1. The van der Waals surface area contributed by atoms with Crippen LogP contribution in [0, 0.1) is 0 Å². The van der Waals surface area contributed by atoms with Crippen molar-refractivity contribution in [3.8, 4) is 11.8 Å². The second kappa shape index (κ2) is 7.81. The third-order valence-corrected chi connectivity index (χ3v) is 4.67. The number of pyridine rings is 1. The van der Waals surface area contributed by atoms with E-state index < -0.39 is 5.91 Å². The Kier molecular flexibility index (Phi) is 5.07. The van der Waals surface area contributed by atoms with Gasteiger partial charge in [0, 0.05) is 37.6 Å². The fourth-order valence-corrected chi connectivity index (χ4v) is 3.20. The lowest BCUT2D eigenvalue weighted by atomic mass is 9.97. The maximum Gasteiger partial charge on any atom is 0.277 e. The summed E-state index contributed by atoms with van der Waals surface area (Å²) in [5.74, 6) is 1.01. The molecule has 1 aliphatic rings. The van der Waals surface area contributed by atoms with Crippen molar-refractivity contribution in [2.75, 3.05) is 32.8 Å². The predicted molar refractivity (Wildman–Crippen MR) is 101 cm³/mol. The zero-order valence-electron chi connectivity index (χ0n) is 15.7. The van der Waals surface area contributed by atoms with Crippen molar-refractivity contribution in [2.45, 2.75) is 18.8 Å². The van der Waals surface area contributed by atoms with E-state index in [1.165, 1.54) is 14.2 Å². The summed E-state index contributed by atoms with van der Waals surface area (Å²) >= 11 is 0. The average Bonchev–Trinajstić information content (AvgIpc) is 3.18. The van der Waals surface area contributed by atoms with Crippen LogP contribution in [0.3, 0.4) is 0 Å². The van der Waals surface area contributed by atoms with Crippen molar-refractivity contribution in [1.29, 1.82) is 0 Å². The van der Waals surface area contributed by atoms with Crippen LogP contribution in [0.2, 0.25) is 0 Å². The number of methoxy groups -OCH3 is 2. The molecular formula is C19H21N5O4. The Balaban J connectivity index is 1.63. The second-order valence-corrected chi connectivity index (χ2v) is 6.44. The number of fused-ring (bicyclic) bond motifs is 1. The highest BCUT2D eigenvalue weighted by atomic mass is 16.5. The minimum absolute atomic E-state index is 0.199. The molecule has 28 heavy (non-hydrogen) atoms. The van der Waals surface area contributed by atoms with Gasteiger partial charge in [0.2, 0.25) is 11.5 Å².